The zero-order valence-electron chi connectivity index (χ0n) is 10.5. The van der Waals surface area contributed by atoms with Crippen LogP contribution >= 0.6 is 0 Å². The molecule has 1 unspecified atom stereocenters. The summed E-state index contributed by atoms with van der Waals surface area (Å²) in [6, 6.07) is 9.73. The number of nitrogens with two attached hydrogens (primary N) is 1. The number of hydrogen-bond acceptors (Lipinski definition) is 4. The van der Waals surface area contributed by atoms with Gasteiger partial charge in [0.1, 0.15) is 5.54 Å². The second kappa shape index (κ2) is 4.74. The summed E-state index contributed by atoms with van der Waals surface area (Å²) in [5.41, 5.74) is 6.87. The van der Waals surface area contributed by atoms with Crippen molar-refractivity contribution in [1.29, 1.82) is 0 Å². The molecule has 0 aliphatic rings. The molecule has 1 aromatic carbocycles. The second-order valence-corrected chi connectivity index (χ2v) is 4.62. The largest absolute Gasteiger partial charge is 0.468 e. The van der Waals surface area contributed by atoms with Crippen LogP contribution in [-0.4, -0.2) is 23.6 Å². The van der Waals surface area contributed by atoms with Gasteiger partial charge in [-0.1, -0.05) is 12.1 Å². The maximum atomic E-state index is 11.5. The van der Waals surface area contributed by atoms with Gasteiger partial charge >= 0.3 is 5.97 Å². The Hall–Kier alpha value is -1.94. The fourth-order valence-electron chi connectivity index (χ4n) is 1.96. The number of pyridine rings is 1. The highest BCUT2D eigenvalue weighted by Gasteiger charge is 2.29. The van der Waals surface area contributed by atoms with Crippen LogP contribution in [0.2, 0.25) is 0 Å². The Balaban J connectivity index is 2.29. The van der Waals surface area contributed by atoms with E-state index in [1.165, 1.54) is 7.11 Å². The molecule has 94 valence electrons. The molecule has 0 amide bonds. The van der Waals surface area contributed by atoms with Gasteiger partial charge in [0.2, 0.25) is 0 Å². The van der Waals surface area contributed by atoms with Crippen LogP contribution in [0.5, 0.6) is 0 Å². The number of carbonyl (C=O) groups is 1. The lowest BCUT2D eigenvalue weighted by Gasteiger charge is -2.21. The highest BCUT2D eigenvalue weighted by molar-refractivity contribution is 5.82. The standard InChI is InChI=1S/C14H16N2O2/c1-14(15,13(17)18-2)9-10-5-6-12-11(8-10)4-3-7-16-12/h3-8H,9,15H2,1-2H3. The third-order valence-electron chi connectivity index (χ3n) is 2.89. The SMILES string of the molecule is COC(=O)C(C)(N)Cc1ccc2ncccc2c1. The Morgan fingerprint density at radius 1 is 1.44 bits per heavy atom. The lowest BCUT2D eigenvalue weighted by Crippen LogP contribution is -2.47. The van der Waals surface area contributed by atoms with Crippen molar-refractivity contribution in [3.63, 3.8) is 0 Å². The lowest BCUT2D eigenvalue weighted by atomic mass is 9.93. The number of rotatable bonds is 3. The summed E-state index contributed by atoms with van der Waals surface area (Å²) in [6.07, 6.45) is 2.19. The van der Waals surface area contributed by atoms with Gasteiger partial charge in [-0.3, -0.25) is 9.78 Å². The maximum Gasteiger partial charge on any atom is 0.325 e. The number of nitrogens with zero attached hydrogens (tertiary/aromatic N) is 1. The van der Waals surface area contributed by atoms with Crippen LogP contribution in [0.3, 0.4) is 0 Å². The Morgan fingerprint density at radius 3 is 2.94 bits per heavy atom. The van der Waals surface area contributed by atoms with E-state index in [0.29, 0.717) is 6.42 Å². The number of esters is 1. The predicted octanol–water partition coefficient (Wildman–Crippen LogP) is 1.67. The molecular weight excluding hydrogens is 228 g/mol. The van der Waals surface area contributed by atoms with Gasteiger partial charge in [-0.25, -0.2) is 0 Å². The average Bonchev–Trinajstić information content (AvgIpc) is 2.37. The average molecular weight is 244 g/mol. The van der Waals surface area contributed by atoms with Crippen LogP contribution in [0.15, 0.2) is 36.5 Å². The molecule has 0 radical (unpaired) electrons. The predicted molar refractivity (Wildman–Crippen MR) is 70.1 cm³/mol. The summed E-state index contributed by atoms with van der Waals surface area (Å²) in [5.74, 6) is -0.409. The molecule has 2 rings (SSSR count). The molecule has 2 aromatic rings. The fraction of sp³-hybridized carbons (Fsp3) is 0.286. The van der Waals surface area contributed by atoms with Crippen LogP contribution in [0.1, 0.15) is 12.5 Å². The normalized spacial score (nSPS) is 14.2. The number of aromatic nitrogens is 1. The van der Waals surface area contributed by atoms with E-state index in [0.717, 1.165) is 16.5 Å². The van der Waals surface area contributed by atoms with Crippen molar-refractivity contribution < 1.29 is 9.53 Å². The van der Waals surface area contributed by atoms with E-state index in [9.17, 15) is 4.79 Å². The van der Waals surface area contributed by atoms with Crippen molar-refractivity contribution in [2.75, 3.05) is 7.11 Å². The van der Waals surface area contributed by atoms with E-state index in [2.05, 4.69) is 4.98 Å². The van der Waals surface area contributed by atoms with E-state index in [1.807, 2.05) is 30.3 Å². The summed E-state index contributed by atoms with van der Waals surface area (Å²) in [5, 5.41) is 1.04. The van der Waals surface area contributed by atoms with Crippen LogP contribution in [-0.2, 0) is 16.0 Å². The highest BCUT2D eigenvalue weighted by Crippen LogP contribution is 2.17. The van der Waals surface area contributed by atoms with Crippen LogP contribution in [0, 0.1) is 0 Å². The summed E-state index contributed by atoms with van der Waals surface area (Å²) >= 11 is 0. The van der Waals surface area contributed by atoms with E-state index < -0.39 is 11.5 Å². The first kappa shape index (κ1) is 12.5. The Kier molecular flexibility index (Phi) is 3.30. The third kappa shape index (κ3) is 2.49. The van der Waals surface area contributed by atoms with Gasteiger partial charge in [-0.2, -0.15) is 0 Å². The first-order chi connectivity index (χ1) is 8.53. The molecule has 0 saturated carbocycles. The minimum Gasteiger partial charge on any atom is -0.468 e. The zero-order chi connectivity index (χ0) is 13.2. The van der Waals surface area contributed by atoms with E-state index in [4.69, 9.17) is 10.5 Å². The molecule has 1 atom stereocenters. The Labute approximate surface area is 106 Å². The third-order valence-corrected chi connectivity index (χ3v) is 2.89. The monoisotopic (exact) mass is 244 g/mol. The van der Waals surface area contributed by atoms with Crippen molar-refractivity contribution in [3.8, 4) is 0 Å². The van der Waals surface area contributed by atoms with Crippen molar-refractivity contribution in [2.45, 2.75) is 18.9 Å². The molecule has 1 aromatic heterocycles. The zero-order valence-corrected chi connectivity index (χ0v) is 10.5. The number of ether oxygens (including phenoxy) is 1. The van der Waals surface area contributed by atoms with Gasteiger partial charge in [-0.05, 0) is 30.7 Å². The molecule has 0 aliphatic heterocycles. The fourth-order valence-corrected chi connectivity index (χ4v) is 1.96. The van der Waals surface area contributed by atoms with Gasteiger partial charge in [0.25, 0.3) is 0 Å². The number of fused-ring (bicyclic) bond motifs is 1. The minimum absolute atomic E-state index is 0.409. The van der Waals surface area contributed by atoms with E-state index in [-0.39, 0.29) is 0 Å². The molecule has 0 spiro atoms. The summed E-state index contributed by atoms with van der Waals surface area (Å²) < 4.78 is 4.70. The summed E-state index contributed by atoms with van der Waals surface area (Å²) in [4.78, 5) is 15.8. The molecule has 0 saturated heterocycles. The molecule has 2 N–H and O–H groups in total. The molecule has 1 heterocycles. The summed E-state index contributed by atoms with van der Waals surface area (Å²) in [6.45, 7) is 1.67. The molecule has 4 heteroatoms. The van der Waals surface area contributed by atoms with Crippen molar-refractivity contribution in [2.24, 2.45) is 5.73 Å². The number of benzene rings is 1. The maximum absolute atomic E-state index is 11.5. The molecule has 0 bridgehead atoms. The Morgan fingerprint density at radius 2 is 2.22 bits per heavy atom. The smallest absolute Gasteiger partial charge is 0.325 e. The number of carbonyl (C=O) groups excluding carboxylic acids is 1. The first-order valence-electron chi connectivity index (χ1n) is 5.74. The topological polar surface area (TPSA) is 65.2 Å². The quantitative estimate of drug-likeness (QED) is 0.834. The number of methoxy groups -OCH3 is 1. The molecule has 0 aliphatic carbocycles. The molecule has 0 fully saturated rings. The lowest BCUT2D eigenvalue weighted by molar-refractivity contribution is -0.146. The van der Waals surface area contributed by atoms with Crippen molar-refractivity contribution >= 4 is 16.9 Å². The van der Waals surface area contributed by atoms with Gasteiger partial charge in [0.05, 0.1) is 12.6 Å². The van der Waals surface area contributed by atoms with Crippen LogP contribution in [0.25, 0.3) is 10.9 Å². The van der Waals surface area contributed by atoms with E-state index in [1.54, 1.807) is 13.1 Å². The van der Waals surface area contributed by atoms with Gasteiger partial charge in [0.15, 0.2) is 0 Å². The number of hydrogen-bond donors (Lipinski definition) is 1. The highest BCUT2D eigenvalue weighted by atomic mass is 16.5. The molecule has 4 nitrogen and oxygen atoms in total. The van der Waals surface area contributed by atoms with Crippen LogP contribution in [0.4, 0.5) is 0 Å². The van der Waals surface area contributed by atoms with Gasteiger partial charge in [-0.15, -0.1) is 0 Å². The minimum atomic E-state index is -1.01. The van der Waals surface area contributed by atoms with Crippen molar-refractivity contribution in [1.82, 2.24) is 4.98 Å². The molecular formula is C14H16N2O2. The van der Waals surface area contributed by atoms with Crippen molar-refractivity contribution in [3.05, 3.63) is 42.1 Å². The van der Waals surface area contributed by atoms with E-state index >= 15 is 0 Å². The van der Waals surface area contributed by atoms with Gasteiger partial charge in [0, 0.05) is 18.0 Å². The van der Waals surface area contributed by atoms with Gasteiger partial charge < -0.3 is 10.5 Å². The summed E-state index contributed by atoms with van der Waals surface area (Å²) in [7, 11) is 1.34. The van der Waals surface area contributed by atoms with Crippen LogP contribution < -0.4 is 5.73 Å². The first-order valence-corrected chi connectivity index (χ1v) is 5.74. The Bertz CT molecular complexity index is 579. The molecule has 18 heavy (non-hydrogen) atoms. The second-order valence-electron chi connectivity index (χ2n) is 4.62.